The van der Waals surface area contributed by atoms with Crippen LogP contribution in [0.4, 0.5) is 0 Å². The fourth-order valence-corrected chi connectivity index (χ4v) is 2.93. The lowest BCUT2D eigenvalue weighted by Crippen LogP contribution is -2.39. The summed E-state index contributed by atoms with van der Waals surface area (Å²) in [6.07, 6.45) is 0. The lowest BCUT2D eigenvalue weighted by molar-refractivity contribution is -0.140. The molecule has 1 heterocycles. The molecule has 0 unspecified atom stereocenters. The number of hydrogen-bond acceptors (Lipinski definition) is 5. The van der Waals surface area contributed by atoms with E-state index >= 15 is 0 Å². The zero-order valence-electron chi connectivity index (χ0n) is 12.8. The third-order valence-corrected chi connectivity index (χ3v) is 3.73. The van der Waals surface area contributed by atoms with Crippen LogP contribution in [0.5, 0.6) is 0 Å². The van der Waals surface area contributed by atoms with Gasteiger partial charge in [-0.3, -0.25) is 0 Å². The van der Waals surface area contributed by atoms with E-state index in [0.717, 1.165) is 0 Å². The van der Waals surface area contributed by atoms with E-state index in [1.165, 1.54) is 0 Å². The molecule has 0 radical (unpaired) electrons. The van der Waals surface area contributed by atoms with Gasteiger partial charge in [-0.15, -0.1) is 0 Å². The molecule has 0 amide bonds. The van der Waals surface area contributed by atoms with Gasteiger partial charge in [0.15, 0.2) is 0 Å². The van der Waals surface area contributed by atoms with Crippen LogP contribution in [0.15, 0.2) is 22.5 Å². The molecule has 1 N–H and O–H groups in total. The summed E-state index contributed by atoms with van der Waals surface area (Å²) in [6, 6.07) is 0. The van der Waals surface area contributed by atoms with Gasteiger partial charge in [0.1, 0.15) is 0 Å². The lowest BCUT2D eigenvalue weighted by atomic mass is 9.86. The summed E-state index contributed by atoms with van der Waals surface area (Å²) in [5.74, 6) is -2.35. The first-order valence-electron chi connectivity index (χ1n) is 6.74. The van der Waals surface area contributed by atoms with E-state index in [0.29, 0.717) is 11.4 Å². The van der Waals surface area contributed by atoms with E-state index in [4.69, 9.17) is 44.3 Å². The van der Waals surface area contributed by atoms with Crippen molar-refractivity contribution in [1.82, 2.24) is 5.32 Å². The van der Waals surface area contributed by atoms with E-state index in [2.05, 4.69) is 5.32 Å². The molecular weight excluding hydrogens is 353 g/mol. The summed E-state index contributed by atoms with van der Waals surface area (Å²) in [5, 5.41) is 2.94. The monoisotopic (exact) mass is 369 g/mol. The van der Waals surface area contributed by atoms with Crippen molar-refractivity contribution in [2.45, 2.75) is 31.5 Å². The summed E-state index contributed by atoms with van der Waals surface area (Å²) < 4.78 is 8.12. The van der Waals surface area contributed by atoms with Crippen molar-refractivity contribution >= 4 is 46.7 Å². The SMILES string of the molecule is CCOC(=O)C1=C(C)NC(C)=C(C(=O)OCC)C1C(Cl)(Cl)Cl. The molecule has 0 aromatic heterocycles. The highest BCUT2D eigenvalue weighted by molar-refractivity contribution is 6.68. The molecule has 22 heavy (non-hydrogen) atoms. The molecule has 8 heteroatoms. The van der Waals surface area contributed by atoms with Gasteiger partial charge in [0.05, 0.1) is 30.3 Å². The van der Waals surface area contributed by atoms with Gasteiger partial charge in [-0.05, 0) is 27.7 Å². The third-order valence-electron chi connectivity index (χ3n) is 3.08. The molecule has 0 saturated heterocycles. The summed E-state index contributed by atoms with van der Waals surface area (Å²) >= 11 is 18.1. The van der Waals surface area contributed by atoms with Crippen molar-refractivity contribution < 1.29 is 19.1 Å². The summed E-state index contributed by atoms with van der Waals surface area (Å²) in [6.45, 7) is 6.98. The van der Waals surface area contributed by atoms with Crippen LogP contribution in [-0.2, 0) is 19.1 Å². The van der Waals surface area contributed by atoms with Gasteiger partial charge in [-0.1, -0.05) is 34.8 Å². The Bertz CT molecular complexity index is 495. The minimum absolute atomic E-state index is 0.107. The van der Waals surface area contributed by atoms with Crippen LogP contribution in [-0.4, -0.2) is 28.9 Å². The predicted molar refractivity (Wildman–Crippen MR) is 85.6 cm³/mol. The number of rotatable bonds is 4. The average Bonchev–Trinajstić information content (AvgIpc) is 2.36. The maximum atomic E-state index is 12.2. The first kappa shape index (κ1) is 19.1. The minimum atomic E-state index is -1.91. The van der Waals surface area contributed by atoms with E-state index in [1.807, 2.05) is 0 Å². The highest BCUT2D eigenvalue weighted by Crippen LogP contribution is 2.47. The zero-order valence-corrected chi connectivity index (χ0v) is 15.0. The van der Waals surface area contributed by atoms with Crippen LogP contribution in [0, 0.1) is 5.92 Å². The van der Waals surface area contributed by atoms with Crippen LogP contribution in [0.3, 0.4) is 0 Å². The third kappa shape index (κ3) is 4.09. The normalized spacial score (nSPS) is 16.5. The maximum Gasteiger partial charge on any atom is 0.336 e. The van der Waals surface area contributed by atoms with Gasteiger partial charge >= 0.3 is 11.9 Å². The molecule has 0 aliphatic carbocycles. The highest BCUT2D eigenvalue weighted by atomic mass is 35.6. The van der Waals surface area contributed by atoms with Crippen molar-refractivity contribution in [3.8, 4) is 0 Å². The fourth-order valence-electron chi connectivity index (χ4n) is 2.28. The topological polar surface area (TPSA) is 64.6 Å². The van der Waals surface area contributed by atoms with Gasteiger partial charge in [-0.25, -0.2) is 9.59 Å². The highest BCUT2D eigenvalue weighted by Gasteiger charge is 2.47. The molecule has 0 aromatic rings. The first-order valence-corrected chi connectivity index (χ1v) is 7.87. The maximum absolute atomic E-state index is 12.2. The van der Waals surface area contributed by atoms with Crippen LogP contribution in [0.1, 0.15) is 27.7 Å². The number of esters is 2. The molecule has 1 rings (SSSR count). The fraction of sp³-hybridized carbons (Fsp3) is 0.571. The molecule has 0 aromatic carbocycles. The van der Waals surface area contributed by atoms with Gasteiger partial charge in [-0.2, -0.15) is 0 Å². The molecule has 0 bridgehead atoms. The molecule has 0 atom stereocenters. The Hall–Kier alpha value is -0.910. The van der Waals surface area contributed by atoms with Gasteiger partial charge < -0.3 is 14.8 Å². The average molecular weight is 371 g/mol. The van der Waals surface area contributed by atoms with Gasteiger partial charge in [0.2, 0.25) is 3.79 Å². The number of carbonyl (C=O) groups is 2. The largest absolute Gasteiger partial charge is 0.463 e. The zero-order chi connectivity index (χ0) is 17.1. The predicted octanol–water partition coefficient (Wildman–Crippen LogP) is 3.25. The van der Waals surface area contributed by atoms with E-state index in [-0.39, 0.29) is 24.4 Å². The van der Waals surface area contributed by atoms with Crippen LogP contribution < -0.4 is 5.32 Å². The summed E-state index contributed by atoms with van der Waals surface area (Å²) in [7, 11) is 0. The van der Waals surface area contributed by atoms with Gasteiger partial charge in [0, 0.05) is 11.4 Å². The molecule has 0 spiro atoms. The molecule has 1 aliphatic rings. The number of halogens is 3. The lowest BCUT2D eigenvalue weighted by Gasteiger charge is -2.33. The molecular formula is C14H18Cl3NO4. The smallest absolute Gasteiger partial charge is 0.336 e. The van der Waals surface area contributed by atoms with Crippen molar-refractivity contribution in [3.63, 3.8) is 0 Å². The van der Waals surface area contributed by atoms with Crippen molar-refractivity contribution in [1.29, 1.82) is 0 Å². The number of dihydropyridines is 1. The Balaban J connectivity index is 3.42. The molecule has 5 nitrogen and oxygen atoms in total. The van der Waals surface area contributed by atoms with Crippen molar-refractivity contribution in [3.05, 3.63) is 22.5 Å². The number of ether oxygens (including phenoxy) is 2. The second-order valence-corrected chi connectivity index (χ2v) is 6.99. The summed E-state index contributed by atoms with van der Waals surface area (Å²) in [4.78, 5) is 24.5. The van der Waals surface area contributed by atoms with Gasteiger partial charge in [0.25, 0.3) is 0 Å². The number of alkyl halides is 3. The van der Waals surface area contributed by atoms with Crippen LogP contribution in [0.2, 0.25) is 0 Å². The molecule has 1 aliphatic heterocycles. The van der Waals surface area contributed by atoms with Crippen LogP contribution in [0.25, 0.3) is 0 Å². The van der Waals surface area contributed by atoms with Crippen molar-refractivity contribution in [2.24, 2.45) is 5.92 Å². The quantitative estimate of drug-likeness (QED) is 0.608. The standard InChI is InChI=1S/C14H18Cl3NO4/c1-5-21-12(19)9-7(3)18-8(4)10(13(20)22-6-2)11(9)14(15,16)17/h11,18H,5-6H2,1-4H3. The Morgan fingerprint density at radius 1 is 1.00 bits per heavy atom. The van der Waals surface area contributed by atoms with Crippen molar-refractivity contribution in [2.75, 3.05) is 13.2 Å². The first-order chi connectivity index (χ1) is 10.1. The van der Waals surface area contributed by atoms with E-state index < -0.39 is 21.6 Å². The minimum Gasteiger partial charge on any atom is -0.463 e. The van der Waals surface area contributed by atoms with E-state index in [1.54, 1.807) is 27.7 Å². The Labute approximate surface area is 144 Å². The number of nitrogens with one attached hydrogen (secondary N) is 1. The Kier molecular flexibility index (Phi) is 6.59. The number of hydrogen-bond donors (Lipinski definition) is 1. The molecule has 124 valence electrons. The second kappa shape index (κ2) is 7.57. The summed E-state index contributed by atoms with van der Waals surface area (Å²) in [5.41, 5.74) is 1.16. The Morgan fingerprint density at radius 3 is 1.64 bits per heavy atom. The Morgan fingerprint density at radius 2 is 1.36 bits per heavy atom. The number of allylic oxidation sites excluding steroid dienone is 2. The molecule has 0 fully saturated rings. The van der Waals surface area contributed by atoms with Crippen LogP contribution >= 0.6 is 34.8 Å². The molecule has 0 saturated carbocycles. The second-order valence-electron chi connectivity index (χ2n) is 4.62. The number of carbonyl (C=O) groups excluding carboxylic acids is 2. The van der Waals surface area contributed by atoms with E-state index in [9.17, 15) is 9.59 Å².